The van der Waals surface area contributed by atoms with E-state index in [1.165, 1.54) is 0 Å². The molecule has 0 amide bonds. The van der Waals surface area contributed by atoms with Gasteiger partial charge in [0.25, 0.3) is 0 Å². The predicted molar refractivity (Wildman–Crippen MR) is 51.8 cm³/mol. The summed E-state index contributed by atoms with van der Waals surface area (Å²) in [4.78, 5) is 8.37. The Hall–Kier alpha value is -0.870. The minimum absolute atomic E-state index is 0.276. The summed E-state index contributed by atoms with van der Waals surface area (Å²) in [7, 11) is 1.54. The highest BCUT2D eigenvalue weighted by atomic mass is 35.5. The van der Waals surface area contributed by atoms with Gasteiger partial charge in [-0.2, -0.15) is 0 Å². The highest BCUT2D eigenvalue weighted by Gasteiger charge is 2.21. The second-order valence-electron chi connectivity index (χ2n) is 3.15. The van der Waals surface area contributed by atoms with Crippen LogP contribution in [0.2, 0.25) is 5.15 Å². The lowest BCUT2D eigenvalue weighted by molar-refractivity contribution is 0.193. The molecule has 76 valence electrons. The third-order valence-electron chi connectivity index (χ3n) is 2.24. The number of rotatable bonds is 2. The van der Waals surface area contributed by atoms with Crippen LogP contribution >= 0.6 is 11.6 Å². The van der Waals surface area contributed by atoms with Crippen molar-refractivity contribution in [3.8, 4) is 5.75 Å². The maximum absolute atomic E-state index is 5.89. The lowest BCUT2D eigenvalue weighted by atomic mass is 10.1. The quantitative estimate of drug-likeness (QED) is 0.703. The average Bonchev–Trinajstić information content (AvgIpc) is 2.70. The van der Waals surface area contributed by atoms with Gasteiger partial charge in [0.2, 0.25) is 0 Å². The fourth-order valence-corrected chi connectivity index (χ4v) is 1.65. The van der Waals surface area contributed by atoms with Crippen LogP contribution in [0.3, 0.4) is 0 Å². The number of aromatic nitrogens is 2. The molecule has 1 aliphatic rings. The third-order valence-corrected chi connectivity index (χ3v) is 2.52. The summed E-state index contributed by atoms with van der Waals surface area (Å²) >= 11 is 5.89. The lowest BCUT2D eigenvalue weighted by Crippen LogP contribution is -2.04. The van der Waals surface area contributed by atoms with E-state index in [0.717, 1.165) is 18.9 Å². The van der Waals surface area contributed by atoms with E-state index in [2.05, 4.69) is 9.97 Å². The Kier molecular flexibility index (Phi) is 2.84. The van der Waals surface area contributed by atoms with Crippen molar-refractivity contribution in [2.45, 2.75) is 12.3 Å². The predicted octanol–water partition coefficient (Wildman–Crippen LogP) is 1.64. The van der Waals surface area contributed by atoms with Crippen LogP contribution in [0.4, 0.5) is 0 Å². The van der Waals surface area contributed by atoms with Crippen LogP contribution in [-0.2, 0) is 4.74 Å². The Morgan fingerprint density at radius 3 is 3.07 bits per heavy atom. The molecule has 1 fully saturated rings. The second kappa shape index (κ2) is 4.11. The van der Waals surface area contributed by atoms with Gasteiger partial charge < -0.3 is 9.47 Å². The normalized spacial score (nSPS) is 21.1. The minimum Gasteiger partial charge on any atom is -0.492 e. The van der Waals surface area contributed by atoms with Crippen molar-refractivity contribution >= 4 is 11.6 Å². The molecule has 14 heavy (non-hydrogen) atoms. The Morgan fingerprint density at radius 1 is 1.64 bits per heavy atom. The Labute approximate surface area is 87.2 Å². The van der Waals surface area contributed by atoms with Crippen molar-refractivity contribution in [2.24, 2.45) is 0 Å². The largest absolute Gasteiger partial charge is 0.492 e. The van der Waals surface area contributed by atoms with E-state index in [-0.39, 0.29) is 5.92 Å². The van der Waals surface area contributed by atoms with Crippen molar-refractivity contribution < 1.29 is 9.47 Å². The molecule has 0 aromatic carbocycles. The van der Waals surface area contributed by atoms with Crippen molar-refractivity contribution in [3.63, 3.8) is 0 Å². The van der Waals surface area contributed by atoms with E-state index >= 15 is 0 Å². The Morgan fingerprint density at radius 2 is 2.50 bits per heavy atom. The summed E-state index contributed by atoms with van der Waals surface area (Å²) in [5, 5.41) is 0.365. The molecule has 1 aromatic rings. The molecule has 4 nitrogen and oxygen atoms in total. The van der Waals surface area contributed by atoms with Gasteiger partial charge in [-0.1, -0.05) is 11.6 Å². The van der Waals surface area contributed by atoms with Gasteiger partial charge in [-0.3, -0.25) is 0 Å². The number of ether oxygens (including phenoxy) is 2. The first-order chi connectivity index (χ1) is 6.81. The molecule has 0 radical (unpaired) electrons. The maximum Gasteiger partial charge on any atom is 0.174 e. The number of nitrogens with zero attached hydrogens (tertiary/aromatic N) is 2. The molecule has 0 aliphatic carbocycles. The topological polar surface area (TPSA) is 44.2 Å². The van der Waals surface area contributed by atoms with Gasteiger partial charge in [-0.25, -0.2) is 9.97 Å². The van der Waals surface area contributed by atoms with Crippen molar-refractivity contribution in [1.29, 1.82) is 0 Å². The van der Waals surface area contributed by atoms with Gasteiger partial charge in [-0.05, 0) is 6.42 Å². The molecule has 0 saturated carbocycles. The number of hydrogen-bond acceptors (Lipinski definition) is 4. The van der Waals surface area contributed by atoms with Crippen LogP contribution in [0.15, 0.2) is 6.20 Å². The first-order valence-electron chi connectivity index (χ1n) is 4.45. The number of methoxy groups -OCH3 is 1. The van der Waals surface area contributed by atoms with E-state index < -0.39 is 0 Å². The van der Waals surface area contributed by atoms with E-state index in [4.69, 9.17) is 21.1 Å². The Bertz CT molecular complexity index is 327. The molecule has 0 spiro atoms. The standard InChI is InChI=1S/C9H11ClN2O2/c1-13-7-4-11-9(12-8(7)10)6-2-3-14-5-6/h4,6H,2-3,5H2,1H3. The van der Waals surface area contributed by atoms with Gasteiger partial charge in [0, 0.05) is 12.5 Å². The van der Waals surface area contributed by atoms with Gasteiger partial charge >= 0.3 is 0 Å². The summed E-state index contributed by atoms with van der Waals surface area (Å²) in [6.07, 6.45) is 2.56. The van der Waals surface area contributed by atoms with Crippen LogP contribution in [0, 0.1) is 0 Å². The highest BCUT2D eigenvalue weighted by molar-refractivity contribution is 6.30. The smallest absolute Gasteiger partial charge is 0.174 e. The van der Waals surface area contributed by atoms with E-state index in [1.54, 1.807) is 13.3 Å². The van der Waals surface area contributed by atoms with Crippen LogP contribution in [0.5, 0.6) is 5.75 Å². The van der Waals surface area contributed by atoms with Crippen LogP contribution in [-0.4, -0.2) is 30.3 Å². The van der Waals surface area contributed by atoms with Gasteiger partial charge in [0.15, 0.2) is 10.9 Å². The maximum atomic E-state index is 5.89. The first kappa shape index (κ1) is 9.68. The zero-order valence-electron chi connectivity index (χ0n) is 7.86. The van der Waals surface area contributed by atoms with E-state index in [0.29, 0.717) is 17.5 Å². The second-order valence-corrected chi connectivity index (χ2v) is 3.51. The molecule has 2 heterocycles. The van der Waals surface area contributed by atoms with Crippen LogP contribution in [0.25, 0.3) is 0 Å². The zero-order valence-corrected chi connectivity index (χ0v) is 8.62. The van der Waals surface area contributed by atoms with Crippen molar-refractivity contribution in [2.75, 3.05) is 20.3 Å². The molecule has 0 N–H and O–H groups in total. The van der Waals surface area contributed by atoms with Crippen LogP contribution < -0.4 is 4.74 Å². The highest BCUT2D eigenvalue weighted by Crippen LogP contribution is 2.26. The molecule has 1 saturated heterocycles. The van der Waals surface area contributed by atoms with E-state index in [9.17, 15) is 0 Å². The molecule has 0 bridgehead atoms. The summed E-state index contributed by atoms with van der Waals surface area (Å²) in [6, 6.07) is 0. The summed E-state index contributed by atoms with van der Waals surface area (Å²) in [5.74, 6) is 1.53. The van der Waals surface area contributed by atoms with Gasteiger partial charge in [-0.15, -0.1) is 0 Å². The Balaban J connectivity index is 2.23. The SMILES string of the molecule is COc1cnc(C2CCOC2)nc1Cl. The van der Waals surface area contributed by atoms with Crippen molar-refractivity contribution in [1.82, 2.24) is 9.97 Å². The molecule has 2 rings (SSSR count). The fourth-order valence-electron chi connectivity index (χ4n) is 1.43. The molecule has 1 aromatic heterocycles. The third kappa shape index (κ3) is 1.81. The first-order valence-corrected chi connectivity index (χ1v) is 4.83. The minimum atomic E-state index is 0.276. The molecular weight excluding hydrogens is 204 g/mol. The van der Waals surface area contributed by atoms with Crippen LogP contribution in [0.1, 0.15) is 18.2 Å². The summed E-state index contributed by atoms with van der Waals surface area (Å²) in [5.41, 5.74) is 0. The average molecular weight is 215 g/mol. The molecule has 1 atom stereocenters. The zero-order chi connectivity index (χ0) is 9.97. The monoisotopic (exact) mass is 214 g/mol. The fraction of sp³-hybridized carbons (Fsp3) is 0.556. The molecule has 5 heteroatoms. The van der Waals surface area contributed by atoms with Crippen molar-refractivity contribution in [3.05, 3.63) is 17.2 Å². The summed E-state index contributed by atoms with van der Waals surface area (Å²) < 4.78 is 10.2. The van der Waals surface area contributed by atoms with E-state index in [1.807, 2.05) is 0 Å². The molecule has 1 aliphatic heterocycles. The molecular formula is C9H11ClN2O2. The van der Waals surface area contributed by atoms with Gasteiger partial charge in [0.1, 0.15) is 5.82 Å². The number of halogens is 1. The number of hydrogen-bond donors (Lipinski definition) is 0. The van der Waals surface area contributed by atoms with Gasteiger partial charge in [0.05, 0.1) is 19.9 Å². The summed E-state index contributed by atoms with van der Waals surface area (Å²) in [6.45, 7) is 1.46. The molecule has 1 unspecified atom stereocenters. The lowest BCUT2D eigenvalue weighted by Gasteiger charge is -2.07.